The molecule has 4 rings (SSSR count). The molecule has 3 aromatic rings. The topological polar surface area (TPSA) is 73.9 Å². The number of methoxy groups -OCH3 is 1. The molecule has 0 bridgehead atoms. The zero-order valence-electron chi connectivity index (χ0n) is 20.6. The van der Waals surface area contributed by atoms with Crippen molar-refractivity contribution in [2.45, 2.75) is 32.2 Å². The monoisotopic (exact) mass is 482 g/mol. The summed E-state index contributed by atoms with van der Waals surface area (Å²) in [5.41, 5.74) is 5.76. The second-order valence-electron chi connectivity index (χ2n) is 8.42. The molecule has 7 heteroatoms. The van der Waals surface area contributed by atoms with Crippen LogP contribution in [0.25, 0.3) is 0 Å². The van der Waals surface area contributed by atoms with Crippen molar-refractivity contribution in [2.24, 2.45) is 0 Å². The first-order valence-electron chi connectivity index (χ1n) is 11.8. The quantitative estimate of drug-likeness (QED) is 0.408. The minimum absolute atomic E-state index is 0. The Labute approximate surface area is 229 Å². The van der Waals surface area contributed by atoms with Gasteiger partial charge in [-0.05, 0) is 66.6 Å². The summed E-state index contributed by atoms with van der Waals surface area (Å²) in [6, 6.07) is 22.3. The largest absolute Gasteiger partial charge is 1.00 e. The molecule has 35 heavy (non-hydrogen) atoms. The molecule has 1 aliphatic rings. The number of fused-ring (bicyclic) bond motifs is 1. The van der Waals surface area contributed by atoms with E-state index in [1.807, 2.05) is 48.5 Å². The standard InChI is InChI=1S/C28H32N2O4.Na/c1-33-27-19-23(14-12-21(27)13-15-28(31)32)29-20-22-7-5-11-26-25(22)10-6-16-30(26)17-18-34-24-8-3-2-4-9-24;/h2-5,7-9,11-12,14,19,29H,6,10,13,15-18,20H2,1H3,(H,31,32);/q;+1/p-1. The fraction of sp³-hybridized carbons (Fsp3) is 0.321. The molecule has 0 atom stereocenters. The fourth-order valence-electron chi connectivity index (χ4n) is 4.46. The number of carbonyl (C=O) groups is 1. The predicted octanol–water partition coefficient (Wildman–Crippen LogP) is 0.825. The molecule has 178 valence electrons. The first-order valence-corrected chi connectivity index (χ1v) is 11.8. The molecule has 0 spiro atoms. The van der Waals surface area contributed by atoms with Crippen LogP contribution in [0.4, 0.5) is 11.4 Å². The minimum Gasteiger partial charge on any atom is -0.550 e. The number of carbonyl (C=O) groups excluding carboxylic acids is 1. The van der Waals surface area contributed by atoms with Crippen LogP contribution in [0.1, 0.15) is 29.5 Å². The van der Waals surface area contributed by atoms with E-state index in [2.05, 4.69) is 28.4 Å². The van der Waals surface area contributed by atoms with E-state index in [4.69, 9.17) is 9.47 Å². The Morgan fingerprint density at radius 1 is 1.06 bits per heavy atom. The van der Waals surface area contributed by atoms with Crippen LogP contribution in [0.2, 0.25) is 0 Å². The summed E-state index contributed by atoms with van der Waals surface area (Å²) in [6.45, 7) is 3.24. The molecular weight excluding hydrogens is 451 g/mol. The maximum absolute atomic E-state index is 10.8. The summed E-state index contributed by atoms with van der Waals surface area (Å²) in [5, 5.41) is 14.3. The molecule has 0 radical (unpaired) electrons. The van der Waals surface area contributed by atoms with Gasteiger partial charge in [-0.1, -0.05) is 36.4 Å². The molecule has 0 unspecified atom stereocenters. The molecule has 6 nitrogen and oxygen atoms in total. The third kappa shape index (κ3) is 7.40. The van der Waals surface area contributed by atoms with Gasteiger partial charge in [-0.3, -0.25) is 0 Å². The Kier molecular flexibility index (Phi) is 10.3. The number of nitrogens with zero attached hydrogens (tertiary/aromatic N) is 1. The van der Waals surface area contributed by atoms with Crippen LogP contribution < -0.4 is 54.4 Å². The van der Waals surface area contributed by atoms with Crippen molar-refractivity contribution >= 4 is 17.3 Å². The number of carboxylic acids is 1. The van der Waals surface area contributed by atoms with Crippen molar-refractivity contribution in [2.75, 3.05) is 37.0 Å². The van der Waals surface area contributed by atoms with Crippen LogP contribution >= 0.6 is 0 Å². The molecule has 0 saturated heterocycles. The summed E-state index contributed by atoms with van der Waals surface area (Å²) >= 11 is 0. The average molecular weight is 483 g/mol. The van der Waals surface area contributed by atoms with Gasteiger partial charge in [0.15, 0.2) is 0 Å². The number of hydrogen-bond acceptors (Lipinski definition) is 6. The van der Waals surface area contributed by atoms with Gasteiger partial charge in [0.1, 0.15) is 18.1 Å². The zero-order chi connectivity index (χ0) is 23.8. The second kappa shape index (κ2) is 13.4. The van der Waals surface area contributed by atoms with Crippen LogP contribution in [0.3, 0.4) is 0 Å². The van der Waals surface area contributed by atoms with Gasteiger partial charge in [-0.2, -0.15) is 0 Å². The molecule has 1 N–H and O–H groups in total. The number of benzene rings is 3. The maximum atomic E-state index is 10.8. The van der Waals surface area contributed by atoms with Gasteiger partial charge in [0.25, 0.3) is 0 Å². The summed E-state index contributed by atoms with van der Waals surface area (Å²) < 4.78 is 11.4. The number of para-hydroxylation sites is 1. The smallest absolute Gasteiger partial charge is 0.550 e. The molecule has 1 heterocycles. The van der Waals surface area contributed by atoms with Gasteiger partial charge >= 0.3 is 29.6 Å². The maximum Gasteiger partial charge on any atom is 1.00 e. The van der Waals surface area contributed by atoms with Gasteiger partial charge in [-0.15, -0.1) is 0 Å². The SMILES string of the molecule is COc1cc(NCc2cccc3c2CCCN3CCOc2ccccc2)ccc1CCC(=O)[O-].[Na+]. The Hall–Kier alpha value is -2.67. The average Bonchev–Trinajstić information content (AvgIpc) is 2.87. The minimum atomic E-state index is -1.06. The Morgan fingerprint density at radius 2 is 1.89 bits per heavy atom. The molecule has 0 fully saturated rings. The van der Waals surface area contributed by atoms with Crippen molar-refractivity contribution in [1.29, 1.82) is 0 Å². The first-order chi connectivity index (χ1) is 16.6. The molecule has 1 aliphatic heterocycles. The number of anilines is 2. The summed E-state index contributed by atoms with van der Waals surface area (Å²) in [5.74, 6) is 0.531. The van der Waals surface area contributed by atoms with Crippen LogP contribution in [0, 0.1) is 0 Å². The van der Waals surface area contributed by atoms with Crippen molar-refractivity contribution < 1.29 is 48.9 Å². The fourth-order valence-corrected chi connectivity index (χ4v) is 4.46. The number of aryl methyl sites for hydroxylation is 1. The zero-order valence-corrected chi connectivity index (χ0v) is 22.6. The van der Waals surface area contributed by atoms with Crippen LogP contribution in [0.5, 0.6) is 11.5 Å². The Bertz CT molecular complexity index is 1110. The Morgan fingerprint density at radius 3 is 2.66 bits per heavy atom. The van der Waals surface area contributed by atoms with Crippen LogP contribution in [0.15, 0.2) is 66.7 Å². The van der Waals surface area contributed by atoms with E-state index in [1.54, 1.807) is 7.11 Å². The van der Waals surface area contributed by atoms with Crippen LogP contribution in [-0.4, -0.2) is 32.8 Å². The van der Waals surface area contributed by atoms with Gasteiger partial charge in [0.2, 0.25) is 0 Å². The molecule has 0 aliphatic carbocycles. The number of ether oxygens (including phenoxy) is 2. The van der Waals surface area contributed by atoms with E-state index in [-0.39, 0.29) is 36.0 Å². The number of carboxylic acid groups (broad SMARTS) is 1. The molecule has 0 aromatic heterocycles. The van der Waals surface area contributed by atoms with E-state index in [0.717, 1.165) is 42.9 Å². The summed E-state index contributed by atoms with van der Waals surface area (Å²) in [6.07, 6.45) is 2.55. The van der Waals surface area contributed by atoms with Gasteiger partial charge in [0.05, 0.1) is 13.7 Å². The van der Waals surface area contributed by atoms with E-state index in [1.165, 1.54) is 16.8 Å². The van der Waals surface area contributed by atoms with Crippen molar-refractivity contribution in [1.82, 2.24) is 0 Å². The number of nitrogens with one attached hydrogen (secondary N) is 1. The molecular formula is C28H31N2NaO4. The second-order valence-corrected chi connectivity index (χ2v) is 8.42. The van der Waals surface area contributed by atoms with Crippen molar-refractivity contribution in [3.05, 3.63) is 83.4 Å². The van der Waals surface area contributed by atoms with E-state index >= 15 is 0 Å². The number of aliphatic carboxylic acids is 1. The number of rotatable bonds is 11. The first kappa shape index (κ1) is 26.9. The van der Waals surface area contributed by atoms with E-state index in [0.29, 0.717) is 25.3 Å². The molecule has 3 aromatic carbocycles. The van der Waals surface area contributed by atoms with E-state index in [9.17, 15) is 9.90 Å². The van der Waals surface area contributed by atoms with Crippen LogP contribution in [-0.2, 0) is 24.2 Å². The van der Waals surface area contributed by atoms with Crippen molar-refractivity contribution in [3.63, 3.8) is 0 Å². The third-order valence-corrected chi connectivity index (χ3v) is 6.19. The van der Waals surface area contributed by atoms with Gasteiger partial charge in [-0.25, -0.2) is 0 Å². The van der Waals surface area contributed by atoms with Gasteiger partial charge < -0.3 is 29.6 Å². The summed E-state index contributed by atoms with van der Waals surface area (Å²) in [4.78, 5) is 13.2. The molecule has 0 amide bonds. The summed E-state index contributed by atoms with van der Waals surface area (Å²) in [7, 11) is 1.60. The predicted molar refractivity (Wildman–Crippen MR) is 133 cm³/mol. The molecule has 0 saturated carbocycles. The third-order valence-electron chi connectivity index (χ3n) is 6.19. The Balaban J connectivity index is 0.00000342. The normalized spacial score (nSPS) is 12.3. The van der Waals surface area contributed by atoms with E-state index < -0.39 is 5.97 Å². The number of hydrogen-bond donors (Lipinski definition) is 1. The van der Waals surface area contributed by atoms with Gasteiger partial charge in [0, 0.05) is 36.5 Å². The van der Waals surface area contributed by atoms with Crippen molar-refractivity contribution in [3.8, 4) is 11.5 Å².